The van der Waals surface area contributed by atoms with Crippen molar-refractivity contribution in [3.05, 3.63) is 35.4 Å². The Morgan fingerprint density at radius 3 is 2.20 bits per heavy atom. The van der Waals surface area contributed by atoms with E-state index >= 15 is 0 Å². The minimum absolute atomic E-state index is 0.0506. The van der Waals surface area contributed by atoms with Crippen molar-refractivity contribution in [1.82, 2.24) is 5.06 Å². The van der Waals surface area contributed by atoms with Crippen molar-refractivity contribution in [3.63, 3.8) is 0 Å². The molecule has 20 heavy (non-hydrogen) atoms. The Balaban J connectivity index is 1.73. The van der Waals surface area contributed by atoms with Crippen LogP contribution >= 0.6 is 0 Å². The second-order valence-electron chi connectivity index (χ2n) is 5.38. The Kier molecular flexibility index (Phi) is 2.64. The number of carbonyl (C=O) groups excluding carboxylic acids is 3. The second-order valence-corrected chi connectivity index (χ2v) is 5.38. The highest BCUT2D eigenvalue weighted by Crippen LogP contribution is 2.41. The van der Waals surface area contributed by atoms with E-state index in [1.807, 2.05) is 0 Å². The standard InChI is InChI=1S/C14H12FNO4/c1-14(15)6-8(7-14)13(19)20-16-11(17)9-4-2-3-5-10(9)12(16)18/h2-5,8H,6-7H2,1H3. The molecule has 5 nitrogen and oxygen atoms in total. The van der Waals surface area contributed by atoms with Gasteiger partial charge in [0.05, 0.1) is 17.0 Å². The Labute approximate surface area is 114 Å². The fourth-order valence-electron chi connectivity index (χ4n) is 2.55. The summed E-state index contributed by atoms with van der Waals surface area (Å²) in [6, 6.07) is 6.22. The first-order chi connectivity index (χ1) is 9.39. The van der Waals surface area contributed by atoms with E-state index in [4.69, 9.17) is 4.84 Å². The predicted octanol–water partition coefficient (Wildman–Crippen LogP) is 1.88. The lowest BCUT2D eigenvalue weighted by Crippen LogP contribution is -2.44. The van der Waals surface area contributed by atoms with Crippen molar-refractivity contribution in [2.45, 2.75) is 25.4 Å². The van der Waals surface area contributed by atoms with Crippen LogP contribution in [0.3, 0.4) is 0 Å². The summed E-state index contributed by atoms with van der Waals surface area (Å²) in [6.07, 6.45) is 0.101. The van der Waals surface area contributed by atoms with Gasteiger partial charge in [0.15, 0.2) is 0 Å². The van der Waals surface area contributed by atoms with E-state index in [2.05, 4.69) is 0 Å². The number of amides is 2. The predicted molar refractivity (Wildman–Crippen MR) is 65.3 cm³/mol. The van der Waals surface area contributed by atoms with Crippen LogP contribution in [0, 0.1) is 5.92 Å². The van der Waals surface area contributed by atoms with Crippen LogP contribution in [0.4, 0.5) is 4.39 Å². The molecule has 0 bridgehead atoms. The van der Waals surface area contributed by atoms with Gasteiger partial charge < -0.3 is 4.84 Å². The van der Waals surface area contributed by atoms with Gasteiger partial charge in [0.25, 0.3) is 11.8 Å². The summed E-state index contributed by atoms with van der Waals surface area (Å²) in [5.41, 5.74) is -0.963. The summed E-state index contributed by atoms with van der Waals surface area (Å²) in [6.45, 7) is 1.40. The normalized spacial score (nSPS) is 28.1. The van der Waals surface area contributed by atoms with Gasteiger partial charge >= 0.3 is 5.97 Å². The number of hydrogen-bond donors (Lipinski definition) is 0. The van der Waals surface area contributed by atoms with Crippen LogP contribution in [-0.4, -0.2) is 28.5 Å². The van der Waals surface area contributed by atoms with E-state index < -0.39 is 29.4 Å². The molecular formula is C14H12FNO4. The fourth-order valence-corrected chi connectivity index (χ4v) is 2.55. The third-order valence-electron chi connectivity index (χ3n) is 3.62. The molecule has 0 spiro atoms. The highest BCUT2D eigenvalue weighted by atomic mass is 19.1. The van der Waals surface area contributed by atoms with Gasteiger partial charge in [-0.15, -0.1) is 0 Å². The van der Waals surface area contributed by atoms with Crippen molar-refractivity contribution < 1.29 is 23.6 Å². The minimum Gasteiger partial charge on any atom is -0.329 e. The molecule has 0 aromatic heterocycles. The quantitative estimate of drug-likeness (QED) is 0.774. The molecule has 0 radical (unpaired) electrons. The molecule has 1 saturated carbocycles. The maximum absolute atomic E-state index is 13.3. The van der Waals surface area contributed by atoms with Crippen LogP contribution in [-0.2, 0) is 9.63 Å². The molecule has 0 N–H and O–H groups in total. The Morgan fingerprint density at radius 1 is 1.25 bits per heavy atom. The summed E-state index contributed by atoms with van der Waals surface area (Å²) >= 11 is 0. The number of benzene rings is 1. The average Bonchev–Trinajstić information content (AvgIpc) is 2.62. The molecule has 0 saturated heterocycles. The monoisotopic (exact) mass is 277 g/mol. The Hall–Kier alpha value is -2.24. The van der Waals surface area contributed by atoms with E-state index in [0.29, 0.717) is 5.06 Å². The van der Waals surface area contributed by atoms with Gasteiger partial charge in [-0.3, -0.25) is 9.59 Å². The molecule has 2 amide bonds. The van der Waals surface area contributed by atoms with Crippen LogP contribution < -0.4 is 0 Å². The second kappa shape index (κ2) is 4.13. The molecule has 1 fully saturated rings. The smallest absolute Gasteiger partial charge is 0.329 e. The molecule has 104 valence electrons. The summed E-state index contributed by atoms with van der Waals surface area (Å²) in [5, 5.41) is 0.459. The lowest BCUT2D eigenvalue weighted by atomic mass is 9.74. The molecule has 1 aromatic rings. The van der Waals surface area contributed by atoms with Crippen molar-refractivity contribution in [3.8, 4) is 0 Å². The highest BCUT2D eigenvalue weighted by molar-refractivity contribution is 6.20. The molecule has 0 atom stereocenters. The van der Waals surface area contributed by atoms with Crippen LogP contribution in [0.2, 0.25) is 0 Å². The number of nitrogens with zero attached hydrogens (tertiary/aromatic N) is 1. The summed E-state index contributed by atoms with van der Waals surface area (Å²) in [7, 11) is 0. The van der Waals surface area contributed by atoms with Gasteiger partial charge in [0, 0.05) is 0 Å². The summed E-state index contributed by atoms with van der Waals surface area (Å²) < 4.78 is 13.3. The van der Waals surface area contributed by atoms with Gasteiger partial charge in [-0.25, -0.2) is 9.18 Å². The molecule has 0 unspecified atom stereocenters. The maximum atomic E-state index is 13.3. The third kappa shape index (κ3) is 1.88. The number of hydrogen-bond acceptors (Lipinski definition) is 4. The van der Waals surface area contributed by atoms with E-state index in [0.717, 1.165) is 0 Å². The van der Waals surface area contributed by atoms with Gasteiger partial charge in [-0.05, 0) is 31.9 Å². The van der Waals surface area contributed by atoms with E-state index in [9.17, 15) is 18.8 Å². The highest BCUT2D eigenvalue weighted by Gasteiger charge is 2.47. The largest absolute Gasteiger partial charge is 0.336 e. The fraction of sp³-hybridized carbons (Fsp3) is 0.357. The molecular weight excluding hydrogens is 265 g/mol. The van der Waals surface area contributed by atoms with Crippen molar-refractivity contribution in [2.75, 3.05) is 0 Å². The molecule has 2 aliphatic rings. The Morgan fingerprint density at radius 2 is 1.75 bits per heavy atom. The molecule has 1 aliphatic heterocycles. The van der Waals surface area contributed by atoms with Crippen LogP contribution in [0.15, 0.2) is 24.3 Å². The topological polar surface area (TPSA) is 63.7 Å². The molecule has 1 aliphatic carbocycles. The van der Waals surface area contributed by atoms with Gasteiger partial charge in [-0.1, -0.05) is 17.2 Å². The average molecular weight is 277 g/mol. The lowest BCUT2D eigenvalue weighted by Gasteiger charge is -2.36. The third-order valence-corrected chi connectivity index (χ3v) is 3.62. The lowest BCUT2D eigenvalue weighted by molar-refractivity contribution is -0.182. The van der Waals surface area contributed by atoms with Crippen molar-refractivity contribution in [1.29, 1.82) is 0 Å². The van der Waals surface area contributed by atoms with E-state index in [1.165, 1.54) is 19.1 Å². The van der Waals surface area contributed by atoms with Crippen molar-refractivity contribution >= 4 is 17.8 Å². The number of halogens is 1. The Bertz CT molecular complexity index is 582. The van der Waals surface area contributed by atoms with Crippen LogP contribution in [0.1, 0.15) is 40.5 Å². The van der Waals surface area contributed by atoms with Gasteiger partial charge in [-0.2, -0.15) is 0 Å². The van der Waals surface area contributed by atoms with Crippen molar-refractivity contribution in [2.24, 2.45) is 5.92 Å². The van der Waals surface area contributed by atoms with E-state index in [-0.39, 0.29) is 24.0 Å². The first-order valence-electron chi connectivity index (χ1n) is 6.27. The number of fused-ring (bicyclic) bond motifs is 1. The molecule has 1 heterocycles. The van der Waals surface area contributed by atoms with Gasteiger partial charge in [0.1, 0.15) is 5.67 Å². The number of hydroxylamine groups is 2. The first kappa shape index (κ1) is 12.8. The number of rotatable bonds is 2. The SMILES string of the molecule is CC1(F)CC(C(=O)ON2C(=O)c3ccccc3C2=O)C1. The number of carbonyl (C=O) groups is 3. The zero-order valence-electron chi connectivity index (χ0n) is 10.8. The van der Waals surface area contributed by atoms with E-state index in [1.54, 1.807) is 12.1 Å². The molecule has 1 aromatic carbocycles. The minimum atomic E-state index is -1.37. The van der Waals surface area contributed by atoms with Gasteiger partial charge in [0.2, 0.25) is 0 Å². The maximum Gasteiger partial charge on any atom is 0.336 e. The zero-order valence-corrected chi connectivity index (χ0v) is 10.8. The number of alkyl halides is 1. The first-order valence-corrected chi connectivity index (χ1v) is 6.27. The zero-order chi connectivity index (χ0) is 14.5. The van der Waals surface area contributed by atoms with Crippen LogP contribution in [0.25, 0.3) is 0 Å². The summed E-state index contributed by atoms with van der Waals surface area (Å²) in [4.78, 5) is 40.5. The number of imide groups is 1. The van der Waals surface area contributed by atoms with Crippen LogP contribution in [0.5, 0.6) is 0 Å². The summed E-state index contributed by atoms with van der Waals surface area (Å²) in [5.74, 6) is -2.67. The molecule has 6 heteroatoms. The molecule has 3 rings (SSSR count).